The number of rotatable bonds is 6. The van der Waals surface area contributed by atoms with Crippen molar-refractivity contribution in [3.8, 4) is 5.75 Å². The molecule has 0 saturated carbocycles. The number of nitrogens with zero attached hydrogens (tertiary/aromatic N) is 1. The molecule has 0 radical (unpaired) electrons. The summed E-state index contributed by atoms with van der Waals surface area (Å²) in [6.45, 7) is 1.51. The smallest absolute Gasteiger partial charge is 0.271 e. The molecule has 6 nitrogen and oxygen atoms in total. The van der Waals surface area contributed by atoms with Crippen molar-refractivity contribution >= 4 is 29.0 Å². The third kappa shape index (κ3) is 4.66. The van der Waals surface area contributed by atoms with Crippen molar-refractivity contribution in [1.29, 1.82) is 0 Å². The van der Waals surface area contributed by atoms with Gasteiger partial charge in [-0.25, -0.2) is 8.78 Å². The average Bonchev–Trinajstić information content (AvgIpc) is 2.57. The fraction of sp³-hybridized carbons (Fsp3) is 0.188. The fourth-order valence-electron chi connectivity index (χ4n) is 1.95. The van der Waals surface area contributed by atoms with Crippen LogP contribution in [0.3, 0.4) is 0 Å². The van der Waals surface area contributed by atoms with Gasteiger partial charge in [-0.3, -0.25) is 14.9 Å². The number of non-ortho nitro benzene ring substituents is 1. The number of thioether (sulfide) groups is 1. The second-order valence-corrected chi connectivity index (χ2v) is 6.35. The van der Waals surface area contributed by atoms with Gasteiger partial charge >= 0.3 is 0 Å². The number of anilines is 1. The van der Waals surface area contributed by atoms with Crippen LogP contribution < -0.4 is 10.1 Å². The SMILES string of the molecule is COc1ccc([N+](=O)[O-])cc1NC(=O)[C@H](C)Sc1cc(F)ccc1F. The van der Waals surface area contributed by atoms with Crippen LogP contribution in [-0.4, -0.2) is 23.2 Å². The largest absolute Gasteiger partial charge is 0.495 e. The van der Waals surface area contributed by atoms with Gasteiger partial charge in [0.15, 0.2) is 0 Å². The number of benzene rings is 2. The van der Waals surface area contributed by atoms with Crippen LogP contribution in [0.25, 0.3) is 0 Å². The topological polar surface area (TPSA) is 81.5 Å². The van der Waals surface area contributed by atoms with Crippen molar-refractivity contribution in [2.45, 2.75) is 17.1 Å². The molecule has 1 amide bonds. The maximum Gasteiger partial charge on any atom is 0.271 e. The molecule has 2 aromatic rings. The molecule has 0 unspecified atom stereocenters. The lowest BCUT2D eigenvalue weighted by Gasteiger charge is -2.14. The molecule has 0 saturated heterocycles. The minimum atomic E-state index is -0.778. The fourth-order valence-corrected chi connectivity index (χ4v) is 2.86. The number of amides is 1. The van der Waals surface area contributed by atoms with Crippen LogP contribution in [0, 0.1) is 21.7 Å². The second-order valence-electron chi connectivity index (χ2n) is 4.97. The second kappa shape index (κ2) is 7.93. The lowest BCUT2D eigenvalue weighted by atomic mass is 10.2. The predicted octanol–water partition coefficient (Wildman–Crippen LogP) is 4.00. The lowest BCUT2D eigenvalue weighted by Crippen LogP contribution is -2.23. The molecule has 0 aliphatic carbocycles. The molecule has 2 rings (SSSR count). The van der Waals surface area contributed by atoms with Gasteiger partial charge in [0.25, 0.3) is 5.69 Å². The van der Waals surface area contributed by atoms with Crippen molar-refractivity contribution in [2.24, 2.45) is 0 Å². The Morgan fingerprint density at radius 2 is 2.00 bits per heavy atom. The zero-order chi connectivity index (χ0) is 18.6. The van der Waals surface area contributed by atoms with Crippen LogP contribution in [0.5, 0.6) is 5.75 Å². The Morgan fingerprint density at radius 1 is 1.28 bits per heavy atom. The van der Waals surface area contributed by atoms with E-state index in [0.717, 1.165) is 36.0 Å². The summed E-state index contributed by atoms with van der Waals surface area (Å²) in [5.41, 5.74) is -0.0959. The van der Waals surface area contributed by atoms with Crippen LogP contribution in [-0.2, 0) is 4.79 Å². The first-order chi connectivity index (χ1) is 11.8. The molecular formula is C16H14F2N2O4S. The first kappa shape index (κ1) is 18.7. The lowest BCUT2D eigenvalue weighted by molar-refractivity contribution is -0.384. The molecule has 132 valence electrons. The average molecular weight is 368 g/mol. The van der Waals surface area contributed by atoms with E-state index in [4.69, 9.17) is 4.74 Å². The number of nitro groups is 1. The van der Waals surface area contributed by atoms with Gasteiger partial charge in [0.05, 0.1) is 23.0 Å². The summed E-state index contributed by atoms with van der Waals surface area (Å²) in [6, 6.07) is 6.73. The quantitative estimate of drug-likeness (QED) is 0.473. The van der Waals surface area contributed by atoms with E-state index in [1.54, 1.807) is 0 Å². The van der Waals surface area contributed by atoms with Crippen molar-refractivity contribution in [2.75, 3.05) is 12.4 Å². The maximum atomic E-state index is 13.7. The normalized spacial score (nSPS) is 11.7. The Labute approximate surface area is 146 Å². The molecule has 1 N–H and O–H groups in total. The summed E-state index contributed by atoms with van der Waals surface area (Å²) in [5, 5.41) is 12.6. The zero-order valence-corrected chi connectivity index (χ0v) is 14.1. The summed E-state index contributed by atoms with van der Waals surface area (Å²) in [7, 11) is 1.36. The number of ether oxygens (including phenoxy) is 1. The van der Waals surface area contributed by atoms with Crippen molar-refractivity contribution in [1.82, 2.24) is 0 Å². The van der Waals surface area contributed by atoms with Gasteiger partial charge in [0, 0.05) is 17.0 Å². The minimum absolute atomic E-state index is 0.00587. The molecule has 2 aromatic carbocycles. The highest BCUT2D eigenvalue weighted by Crippen LogP contribution is 2.31. The third-order valence-corrected chi connectivity index (χ3v) is 4.35. The standard InChI is InChI=1S/C16H14F2N2O4S/c1-9(25-15-7-10(17)3-5-12(15)18)16(21)19-13-8-11(20(22)23)4-6-14(13)24-2/h3-9H,1-2H3,(H,19,21)/t9-/m0/s1. The van der Waals surface area contributed by atoms with E-state index in [1.165, 1.54) is 26.2 Å². The first-order valence-corrected chi connectivity index (χ1v) is 7.94. The van der Waals surface area contributed by atoms with Crippen molar-refractivity contribution in [3.63, 3.8) is 0 Å². The number of methoxy groups -OCH3 is 1. The van der Waals surface area contributed by atoms with Crippen LogP contribution >= 0.6 is 11.8 Å². The Hall–Kier alpha value is -2.68. The molecule has 25 heavy (non-hydrogen) atoms. The van der Waals surface area contributed by atoms with Crippen LogP contribution in [0.4, 0.5) is 20.2 Å². The number of hydrogen-bond acceptors (Lipinski definition) is 5. The van der Waals surface area contributed by atoms with E-state index >= 15 is 0 Å². The number of nitro benzene ring substituents is 1. The van der Waals surface area contributed by atoms with Crippen LogP contribution in [0.15, 0.2) is 41.3 Å². The van der Waals surface area contributed by atoms with Gasteiger partial charge in [-0.15, -0.1) is 11.8 Å². The third-order valence-electron chi connectivity index (χ3n) is 3.22. The Kier molecular flexibility index (Phi) is 5.92. The molecule has 0 spiro atoms. The van der Waals surface area contributed by atoms with E-state index in [9.17, 15) is 23.7 Å². The predicted molar refractivity (Wildman–Crippen MR) is 90.0 cm³/mol. The Balaban J connectivity index is 2.17. The molecule has 0 aliphatic heterocycles. The number of carbonyl (C=O) groups excluding carboxylic acids is 1. The van der Waals surface area contributed by atoms with Gasteiger partial charge in [-0.05, 0) is 31.2 Å². The first-order valence-electron chi connectivity index (χ1n) is 7.07. The summed E-state index contributed by atoms with van der Waals surface area (Å²) >= 11 is 0.834. The van der Waals surface area contributed by atoms with Crippen molar-refractivity contribution in [3.05, 3.63) is 58.1 Å². The molecule has 1 atom stereocenters. The van der Waals surface area contributed by atoms with Crippen LogP contribution in [0.2, 0.25) is 0 Å². The van der Waals surface area contributed by atoms with Gasteiger partial charge < -0.3 is 10.1 Å². The van der Waals surface area contributed by atoms with Gasteiger partial charge in [0.2, 0.25) is 5.91 Å². The van der Waals surface area contributed by atoms with Gasteiger partial charge in [-0.2, -0.15) is 0 Å². The molecule has 0 aliphatic rings. The summed E-state index contributed by atoms with van der Waals surface area (Å²) in [4.78, 5) is 22.5. The van der Waals surface area contributed by atoms with Crippen molar-refractivity contribution < 1.29 is 23.2 Å². The number of nitrogens with one attached hydrogen (secondary N) is 1. The van der Waals surface area contributed by atoms with Gasteiger partial charge in [-0.1, -0.05) is 0 Å². The van der Waals surface area contributed by atoms with E-state index < -0.39 is 27.7 Å². The molecule has 0 bridgehead atoms. The van der Waals surface area contributed by atoms with E-state index in [2.05, 4.69) is 5.32 Å². The highest BCUT2D eigenvalue weighted by Gasteiger charge is 2.20. The molecular weight excluding hydrogens is 354 g/mol. The maximum absolute atomic E-state index is 13.7. The van der Waals surface area contributed by atoms with E-state index in [-0.39, 0.29) is 22.0 Å². The highest BCUT2D eigenvalue weighted by atomic mass is 32.2. The minimum Gasteiger partial charge on any atom is -0.495 e. The van der Waals surface area contributed by atoms with E-state index in [0.29, 0.717) is 0 Å². The molecule has 0 aromatic heterocycles. The number of halogens is 2. The Morgan fingerprint density at radius 3 is 2.64 bits per heavy atom. The van der Waals surface area contributed by atoms with Crippen LogP contribution in [0.1, 0.15) is 6.92 Å². The Bertz CT molecular complexity index is 817. The summed E-state index contributed by atoms with van der Waals surface area (Å²) in [5.74, 6) is -1.55. The zero-order valence-electron chi connectivity index (χ0n) is 13.3. The number of hydrogen-bond donors (Lipinski definition) is 1. The number of carbonyl (C=O) groups is 1. The highest BCUT2D eigenvalue weighted by molar-refractivity contribution is 8.00. The molecule has 0 heterocycles. The van der Waals surface area contributed by atoms with Gasteiger partial charge in [0.1, 0.15) is 17.4 Å². The molecule has 9 heteroatoms. The summed E-state index contributed by atoms with van der Waals surface area (Å²) in [6.07, 6.45) is 0. The summed E-state index contributed by atoms with van der Waals surface area (Å²) < 4.78 is 31.9. The van der Waals surface area contributed by atoms with E-state index in [1.807, 2.05) is 0 Å². The monoisotopic (exact) mass is 368 g/mol. The molecule has 0 fully saturated rings.